The van der Waals surface area contributed by atoms with Gasteiger partial charge in [-0.15, -0.1) is 0 Å². The molecule has 110 valence electrons. The molecule has 1 atom stereocenters. The molecule has 2 aromatic rings. The monoisotopic (exact) mass is 323 g/mol. The lowest BCUT2D eigenvalue weighted by Gasteiger charge is -2.17. The Morgan fingerprint density at radius 3 is 2.52 bits per heavy atom. The molecule has 5 heteroatoms. The van der Waals surface area contributed by atoms with Crippen LogP contribution in [0.1, 0.15) is 15.9 Å². The molecule has 0 aliphatic heterocycles. The van der Waals surface area contributed by atoms with Crippen LogP contribution in [-0.4, -0.2) is 23.7 Å². The Hall–Kier alpha value is -1.55. The fourth-order valence-corrected chi connectivity index (χ4v) is 2.37. The van der Waals surface area contributed by atoms with Crippen molar-refractivity contribution in [2.24, 2.45) is 0 Å². The summed E-state index contributed by atoms with van der Waals surface area (Å²) in [6.45, 7) is -0.154. The predicted octanol–water partition coefficient (Wildman–Crippen LogP) is 3.33. The predicted molar refractivity (Wildman–Crippen MR) is 84.9 cm³/mol. The first-order chi connectivity index (χ1) is 10.1. The quantitative estimate of drug-likeness (QED) is 0.886. The Morgan fingerprint density at radius 2 is 1.86 bits per heavy atom. The fourth-order valence-electron chi connectivity index (χ4n) is 1.99. The van der Waals surface area contributed by atoms with Gasteiger partial charge in [0.15, 0.2) is 0 Å². The van der Waals surface area contributed by atoms with Crippen LogP contribution in [0.3, 0.4) is 0 Å². The van der Waals surface area contributed by atoms with Gasteiger partial charge in [-0.05, 0) is 30.2 Å². The van der Waals surface area contributed by atoms with Crippen LogP contribution < -0.4 is 5.32 Å². The summed E-state index contributed by atoms with van der Waals surface area (Å²) < 4.78 is 0. The zero-order chi connectivity index (χ0) is 15.2. The first-order valence-corrected chi connectivity index (χ1v) is 7.26. The molecule has 0 fully saturated rings. The molecular formula is C16H15Cl2NO2. The van der Waals surface area contributed by atoms with Crippen LogP contribution in [0.5, 0.6) is 0 Å². The minimum atomic E-state index is -0.380. The maximum absolute atomic E-state index is 12.2. The molecule has 0 radical (unpaired) electrons. The maximum atomic E-state index is 12.2. The maximum Gasteiger partial charge on any atom is 0.253 e. The highest BCUT2D eigenvalue weighted by Gasteiger charge is 2.16. The second kappa shape index (κ2) is 7.46. The van der Waals surface area contributed by atoms with E-state index in [1.165, 1.54) is 6.07 Å². The number of nitrogens with one attached hydrogen (secondary N) is 1. The number of rotatable bonds is 5. The third-order valence-electron chi connectivity index (χ3n) is 3.05. The van der Waals surface area contributed by atoms with E-state index in [2.05, 4.69) is 5.32 Å². The second-order valence-electron chi connectivity index (χ2n) is 4.67. The standard InChI is InChI=1S/C16H15Cl2NO2/c17-12-6-7-15(18)14(9-12)16(21)19-13(10-20)8-11-4-2-1-3-5-11/h1-7,9,13,20H,8,10H2,(H,19,21). The van der Waals surface area contributed by atoms with E-state index in [-0.39, 0.29) is 18.6 Å². The lowest BCUT2D eigenvalue weighted by molar-refractivity contribution is 0.0916. The van der Waals surface area contributed by atoms with Crippen LogP contribution in [0.2, 0.25) is 10.0 Å². The van der Waals surface area contributed by atoms with Crippen LogP contribution in [0, 0.1) is 0 Å². The van der Waals surface area contributed by atoms with Crippen LogP contribution in [0.4, 0.5) is 0 Å². The molecule has 0 aromatic heterocycles. The number of amides is 1. The molecule has 2 N–H and O–H groups in total. The number of hydrogen-bond acceptors (Lipinski definition) is 2. The Morgan fingerprint density at radius 1 is 1.14 bits per heavy atom. The number of aliphatic hydroxyl groups excluding tert-OH is 1. The summed E-state index contributed by atoms with van der Waals surface area (Å²) in [6, 6.07) is 14.0. The van der Waals surface area contributed by atoms with E-state index in [0.717, 1.165) is 5.56 Å². The zero-order valence-corrected chi connectivity index (χ0v) is 12.7. The summed E-state index contributed by atoms with van der Waals surface area (Å²) >= 11 is 11.9. The molecule has 0 spiro atoms. The van der Waals surface area contributed by atoms with E-state index in [1.807, 2.05) is 30.3 Å². The highest BCUT2D eigenvalue weighted by molar-refractivity contribution is 6.35. The third-order valence-corrected chi connectivity index (χ3v) is 3.62. The SMILES string of the molecule is O=C(NC(CO)Cc1ccccc1)c1cc(Cl)ccc1Cl. The second-order valence-corrected chi connectivity index (χ2v) is 5.51. The van der Waals surface area contributed by atoms with Crippen LogP contribution >= 0.6 is 23.2 Å². The summed E-state index contributed by atoms with van der Waals surface area (Å²) in [4.78, 5) is 12.2. The van der Waals surface area contributed by atoms with Crippen LogP contribution in [0.15, 0.2) is 48.5 Å². The minimum Gasteiger partial charge on any atom is -0.394 e. The molecule has 2 aromatic carbocycles. The fraction of sp³-hybridized carbons (Fsp3) is 0.188. The van der Waals surface area contributed by atoms with Gasteiger partial charge in [0.25, 0.3) is 5.91 Å². The van der Waals surface area contributed by atoms with Gasteiger partial charge < -0.3 is 10.4 Å². The Kier molecular flexibility index (Phi) is 5.62. The number of benzene rings is 2. The number of carbonyl (C=O) groups is 1. The molecular weight excluding hydrogens is 309 g/mol. The van der Waals surface area contributed by atoms with Gasteiger partial charge >= 0.3 is 0 Å². The van der Waals surface area contributed by atoms with Gasteiger partial charge in [-0.3, -0.25) is 4.79 Å². The van der Waals surface area contributed by atoms with Crippen molar-refractivity contribution in [3.63, 3.8) is 0 Å². The average molecular weight is 324 g/mol. The largest absolute Gasteiger partial charge is 0.394 e. The Balaban J connectivity index is 2.07. The van der Waals surface area contributed by atoms with Gasteiger partial charge in [0.1, 0.15) is 0 Å². The molecule has 0 aliphatic carbocycles. The minimum absolute atomic E-state index is 0.154. The average Bonchev–Trinajstić information content (AvgIpc) is 2.50. The lowest BCUT2D eigenvalue weighted by Crippen LogP contribution is -2.39. The van der Waals surface area contributed by atoms with E-state index >= 15 is 0 Å². The molecule has 3 nitrogen and oxygen atoms in total. The molecule has 0 bridgehead atoms. The van der Waals surface area contributed by atoms with E-state index in [4.69, 9.17) is 23.2 Å². The summed E-state index contributed by atoms with van der Waals surface area (Å²) in [7, 11) is 0. The first-order valence-electron chi connectivity index (χ1n) is 6.51. The van der Waals surface area contributed by atoms with Crippen molar-refractivity contribution in [1.29, 1.82) is 0 Å². The number of carbonyl (C=O) groups excluding carboxylic acids is 1. The number of hydrogen-bond donors (Lipinski definition) is 2. The van der Waals surface area contributed by atoms with E-state index in [9.17, 15) is 9.90 Å². The summed E-state index contributed by atoms with van der Waals surface area (Å²) in [6.07, 6.45) is 0.543. The van der Waals surface area contributed by atoms with E-state index < -0.39 is 0 Å². The highest BCUT2D eigenvalue weighted by atomic mass is 35.5. The molecule has 0 saturated heterocycles. The van der Waals surface area contributed by atoms with E-state index in [0.29, 0.717) is 22.0 Å². The normalized spacial score (nSPS) is 12.0. The van der Waals surface area contributed by atoms with Gasteiger partial charge in [0, 0.05) is 5.02 Å². The molecule has 1 unspecified atom stereocenters. The van der Waals surface area contributed by atoms with Gasteiger partial charge in [-0.25, -0.2) is 0 Å². The topological polar surface area (TPSA) is 49.3 Å². The molecule has 2 rings (SSSR count). The van der Waals surface area contributed by atoms with Gasteiger partial charge in [-0.2, -0.15) is 0 Å². The zero-order valence-electron chi connectivity index (χ0n) is 11.2. The Labute approximate surface area is 133 Å². The third kappa shape index (κ3) is 4.46. The molecule has 0 saturated carbocycles. The van der Waals surface area contributed by atoms with Crippen molar-refractivity contribution in [3.05, 3.63) is 69.7 Å². The molecule has 0 heterocycles. The van der Waals surface area contributed by atoms with Crippen molar-refractivity contribution < 1.29 is 9.90 Å². The smallest absolute Gasteiger partial charge is 0.253 e. The van der Waals surface area contributed by atoms with Crippen molar-refractivity contribution in [3.8, 4) is 0 Å². The van der Waals surface area contributed by atoms with Gasteiger partial charge in [0.05, 0.1) is 23.2 Å². The van der Waals surface area contributed by atoms with Crippen LogP contribution in [-0.2, 0) is 6.42 Å². The van der Waals surface area contributed by atoms with E-state index in [1.54, 1.807) is 12.1 Å². The van der Waals surface area contributed by atoms with Crippen LogP contribution in [0.25, 0.3) is 0 Å². The van der Waals surface area contributed by atoms with Crippen molar-refractivity contribution in [1.82, 2.24) is 5.32 Å². The van der Waals surface area contributed by atoms with Crippen molar-refractivity contribution >= 4 is 29.1 Å². The molecule has 1 amide bonds. The number of aliphatic hydroxyl groups is 1. The summed E-state index contributed by atoms with van der Waals surface area (Å²) in [5.41, 5.74) is 1.34. The van der Waals surface area contributed by atoms with Crippen molar-refractivity contribution in [2.45, 2.75) is 12.5 Å². The van der Waals surface area contributed by atoms with Gasteiger partial charge in [0.2, 0.25) is 0 Å². The summed E-state index contributed by atoms with van der Waals surface area (Å²) in [5.74, 6) is -0.350. The first kappa shape index (κ1) is 15.8. The summed E-state index contributed by atoms with van der Waals surface area (Å²) in [5, 5.41) is 13.0. The van der Waals surface area contributed by atoms with Gasteiger partial charge in [-0.1, -0.05) is 53.5 Å². The van der Waals surface area contributed by atoms with Crippen molar-refractivity contribution in [2.75, 3.05) is 6.61 Å². The number of halogens is 2. The highest BCUT2D eigenvalue weighted by Crippen LogP contribution is 2.20. The Bertz CT molecular complexity index is 617. The molecule has 0 aliphatic rings. The lowest BCUT2D eigenvalue weighted by atomic mass is 10.1. The molecule has 21 heavy (non-hydrogen) atoms.